The summed E-state index contributed by atoms with van der Waals surface area (Å²) in [7, 11) is 0. The minimum absolute atomic E-state index is 0.163. The van der Waals surface area contributed by atoms with Crippen LogP contribution in [0.25, 0.3) is 0 Å². The highest BCUT2D eigenvalue weighted by Gasteiger charge is 2.42. The van der Waals surface area contributed by atoms with E-state index >= 15 is 0 Å². The van der Waals surface area contributed by atoms with Crippen LogP contribution in [-0.4, -0.2) is 31.0 Å². The summed E-state index contributed by atoms with van der Waals surface area (Å²) in [5, 5.41) is 0. The first-order valence-corrected chi connectivity index (χ1v) is 7.18. The van der Waals surface area contributed by atoms with Gasteiger partial charge in [0.15, 0.2) is 0 Å². The minimum Gasteiger partial charge on any atom is -0.377 e. The summed E-state index contributed by atoms with van der Waals surface area (Å²) >= 11 is 0. The molecule has 1 aliphatic carbocycles. The number of rotatable bonds is 4. The molecule has 2 fully saturated rings. The average molecular weight is 241 g/mol. The van der Waals surface area contributed by atoms with Crippen LogP contribution in [0.4, 0.5) is 0 Å². The van der Waals surface area contributed by atoms with E-state index in [-0.39, 0.29) is 17.7 Å². The average Bonchev–Trinajstić information content (AvgIpc) is 2.76. The van der Waals surface area contributed by atoms with Crippen molar-refractivity contribution in [3.05, 3.63) is 0 Å². The molecule has 1 heterocycles. The molecule has 3 nitrogen and oxygen atoms in total. The number of hydrogen-bond donors (Lipinski definition) is 1. The highest BCUT2D eigenvalue weighted by atomic mass is 16.5. The molecule has 17 heavy (non-hydrogen) atoms. The topological polar surface area (TPSA) is 44.5 Å². The molecule has 2 aliphatic rings. The van der Waals surface area contributed by atoms with Crippen molar-refractivity contribution in [3.8, 4) is 0 Å². The number of ether oxygens (including phenoxy) is 2. The van der Waals surface area contributed by atoms with Crippen LogP contribution in [0, 0.1) is 5.92 Å². The van der Waals surface area contributed by atoms with E-state index in [2.05, 4.69) is 6.92 Å². The van der Waals surface area contributed by atoms with E-state index in [9.17, 15) is 0 Å². The first kappa shape index (κ1) is 13.3. The van der Waals surface area contributed by atoms with E-state index in [1.165, 1.54) is 25.7 Å². The predicted molar refractivity (Wildman–Crippen MR) is 68.9 cm³/mol. The lowest BCUT2D eigenvalue weighted by Crippen LogP contribution is -2.48. The molecule has 1 saturated carbocycles. The summed E-state index contributed by atoms with van der Waals surface area (Å²) in [5.41, 5.74) is 6.52. The predicted octanol–water partition coefficient (Wildman–Crippen LogP) is 2.48. The maximum atomic E-state index is 6.35. The molecule has 2 rings (SSSR count). The van der Waals surface area contributed by atoms with E-state index in [0.717, 1.165) is 26.1 Å². The number of hydrogen-bond acceptors (Lipinski definition) is 3. The lowest BCUT2D eigenvalue weighted by molar-refractivity contribution is -0.104. The van der Waals surface area contributed by atoms with Gasteiger partial charge in [-0.05, 0) is 45.4 Å². The molecule has 2 N–H and O–H groups in total. The summed E-state index contributed by atoms with van der Waals surface area (Å²) in [6, 6.07) is 0.163. The molecular formula is C14H27NO2. The highest BCUT2D eigenvalue weighted by molar-refractivity contribution is 4.94. The molecule has 3 atom stereocenters. The molecular weight excluding hydrogens is 214 g/mol. The normalized spacial score (nSPS) is 31.6. The van der Waals surface area contributed by atoms with Crippen LogP contribution in [0.15, 0.2) is 0 Å². The summed E-state index contributed by atoms with van der Waals surface area (Å²) in [6.07, 6.45) is 7.53. The van der Waals surface area contributed by atoms with E-state index < -0.39 is 0 Å². The van der Waals surface area contributed by atoms with Crippen molar-refractivity contribution in [2.24, 2.45) is 11.7 Å². The Kier molecular flexibility index (Phi) is 4.45. The van der Waals surface area contributed by atoms with Gasteiger partial charge in [-0.1, -0.05) is 12.8 Å². The molecule has 0 radical (unpaired) electrons. The largest absolute Gasteiger partial charge is 0.377 e. The molecule has 0 aromatic carbocycles. The second-order valence-corrected chi connectivity index (χ2v) is 5.73. The Morgan fingerprint density at radius 3 is 2.76 bits per heavy atom. The molecule has 0 bridgehead atoms. The molecule has 3 unspecified atom stereocenters. The van der Waals surface area contributed by atoms with Crippen molar-refractivity contribution in [2.45, 2.75) is 70.1 Å². The van der Waals surface area contributed by atoms with Crippen molar-refractivity contribution in [1.29, 1.82) is 0 Å². The van der Waals surface area contributed by atoms with Gasteiger partial charge in [0.25, 0.3) is 0 Å². The van der Waals surface area contributed by atoms with Crippen molar-refractivity contribution in [1.82, 2.24) is 0 Å². The summed E-state index contributed by atoms with van der Waals surface area (Å²) in [4.78, 5) is 0. The van der Waals surface area contributed by atoms with Gasteiger partial charge in [-0.2, -0.15) is 0 Å². The third kappa shape index (κ3) is 3.01. The fraction of sp³-hybridized carbons (Fsp3) is 1.00. The van der Waals surface area contributed by atoms with E-state index in [1.54, 1.807) is 0 Å². The van der Waals surface area contributed by atoms with Gasteiger partial charge in [-0.3, -0.25) is 0 Å². The van der Waals surface area contributed by atoms with Gasteiger partial charge in [-0.25, -0.2) is 0 Å². The molecule has 1 saturated heterocycles. The second-order valence-electron chi connectivity index (χ2n) is 5.73. The second kappa shape index (κ2) is 5.68. The van der Waals surface area contributed by atoms with E-state index in [0.29, 0.717) is 5.92 Å². The van der Waals surface area contributed by atoms with Crippen LogP contribution in [0.1, 0.15) is 52.4 Å². The van der Waals surface area contributed by atoms with Crippen molar-refractivity contribution in [2.75, 3.05) is 13.2 Å². The first-order valence-electron chi connectivity index (χ1n) is 7.18. The van der Waals surface area contributed by atoms with Crippen LogP contribution < -0.4 is 5.73 Å². The SMILES string of the molecule is CCOC(C)C(N)C1CCOC2(CCCC2)C1. The quantitative estimate of drug-likeness (QED) is 0.822. The van der Waals surface area contributed by atoms with Crippen LogP contribution in [-0.2, 0) is 9.47 Å². The van der Waals surface area contributed by atoms with Gasteiger partial charge in [0, 0.05) is 19.3 Å². The molecule has 0 amide bonds. The van der Waals surface area contributed by atoms with Crippen molar-refractivity contribution < 1.29 is 9.47 Å². The summed E-state index contributed by atoms with van der Waals surface area (Å²) in [5.74, 6) is 0.573. The van der Waals surface area contributed by atoms with Gasteiger partial charge < -0.3 is 15.2 Å². The Labute approximate surface area is 105 Å². The minimum atomic E-state index is 0.163. The summed E-state index contributed by atoms with van der Waals surface area (Å²) in [6.45, 7) is 5.77. The molecule has 100 valence electrons. The third-order valence-electron chi connectivity index (χ3n) is 4.56. The highest BCUT2D eigenvalue weighted by Crippen LogP contribution is 2.42. The van der Waals surface area contributed by atoms with Crippen molar-refractivity contribution >= 4 is 0 Å². The lowest BCUT2D eigenvalue weighted by Gasteiger charge is -2.41. The standard InChI is InChI=1S/C14H27NO2/c1-3-16-11(2)13(15)12-6-9-17-14(10-12)7-4-5-8-14/h11-13H,3-10,15H2,1-2H3. The number of nitrogens with two attached hydrogens (primary N) is 1. The maximum Gasteiger partial charge on any atom is 0.0700 e. The third-order valence-corrected chi connectivity index (χ3v) is 4.56. The van der Waals surface area contributed by atoms with Gasteiger partial charge in [0.05, 0.1) is 11.7 Å². The zero-order chi connectivity index (χ0) is 12.3. The Hall–Kier alpha value is -0.120. The van der Waals surface area contributed by atoms with Crippen LogP contribution >= 0.6 is 0 Å². The van der Waals surface area contributed by atoms with E-state index in [1.807, 2.05) is 6.92 Å². The van der Waals surface area contributed by atoms with Gasteiger partial charge in [0.1, 0.15) is 0 Å². The Balaban J connectivity index is 1.92. The molecule has 0 aromatic rings. The van der Waals surface area contributed by atoms with E-state index in [4.69, 9.17) is 15.2 Å². The fourth-order valence-electron chi connectivity index (χ4n) is 3.52. The monoisotopic (exact) mass is 241 g/mol. The lowest BCUT2D eigenvalue weighted by atomic mass is 9.79. The molecule has 1 aliphatic heterocycles. The Bertz CT molecular complexity index is 238. The smallest absolute Gasteiger partial charge is 0.0700 e. The van der Waals surface area contributed by atoms with Gasteiger partial charge in [-0.15, -0.1) is 0 Å². The van der Waals surface area contributed by atoms with Gasteiger partial charge in [0.2, 0.25) is 0 Å². The summed E-state index contributed by atoms with van der Waals surface area (Å²) < 4.78 is 11.7. The molecule has 0 aromatic heterocycles. The molecule has 1 spiro atoms. The van der Waals surface area contributed by atoms with Crippen LogP contribution in [0.5, 0.6) is 0 Å². The van der Waals surface area contributed by atoms with Crippen LogP contribution in [0.2, 0.25) is 0 Å². The fourth-order valence-corrected chi connectivity index (χ4v) is 3.52. The van der Waals surface area contributed by atoms with Crippen LogP contribution in [0.3, 0.4) is 0 Å². The maximum absolute atomic E-state index is 6.35. The van der Waals surface area contributed by atoms with Crippen molar-refractivity contribution in [3.63, 3.8) is 0 Å². The molecule has 3 heteroatoms. The zero-order valence-corrected chi connectivity index (χ0v) is 11.3. The Morgan fingerprint density at radius 1 is 1.41 bits per heavy atom. The Morgan fingerprint density at radius 2 is 2.12 bits per heavy atom. The van der Waals surface area contributed by atoms with Gasteiger partial charge >= 0.3 is 0 Å². The first-order chi connectivity index (χ1) is 8.17. The zero-order valence-electron chi connectivity index (χ0n) is 11.3.